The Labute approximate surface area is 127 Å². The Bertz CT molecular complexity index is 749. The van der Waals surface area contributed by atoms with Gasteiger partial charge in [0.15, 0.2) is 0 Å². The van der Waals surface area contributed by atoms with Gasteiger partial charge in [0.25, 0.3) is 0 Å². The van der Waals surface area contributed by atoms with Gasteiger partial charge in [-0.25, -0.2) is 4.98 Å². The highest BCUT2D eigenvalue weighted by Gasteiger charge is 2.10. The largest absolute Gasteiger partial charge is 0.490 e. The zero-order valence-electron chi connectivity index (χ0n) is 11.7. The fourth-order valence-electron chi connectivity index (χ4n) is 2.10. The average molecular weight is 297 g/mol. The first-order chi connectivity index (χ1) is 10.3. The summed E-state index contributed by atoms with van der Waals surface area (Å²) in [7, 11) is 0. The SMILES string of the molecule is C=CCOc1ccc(-c2nc3ccncc3[nH]2)c(SC)c1. The minimum atomic E-state index is 0.503. The Morgan fingerprint density at radius 3 is 3.05 bits per heavy atom. The topological polar surface area (TPSA) is 50.8 Å². The van der Waals surface area contributed by atoms with Gasteiger partial charge >= 0.3 is 0 Å². The smallest absolute Gasteiger partial charge is 0.139 e. The molecule has 0 aliphatic carbocycles. The summed E-state index contributed by atoms with van der Waals surface area (Å²) in [5.41, 5.74) is 2.91. The summed E-state index contributed by atoms with van der Waals surface area (Å²) in [5, 5.41) is 0. The molecule has 0 fully saturated rings. The molecule has 1 aromatic carbocycles. The second kappa shape index (κ2) is 6.01. The van der Waals surface area contributed by atoms with Crippen molar-refractivity contribution < 1.29 is 4.74 Å². The highest BCUT2D eigenvalue weighted by Crippen LogP contribution is 2.32. The van der Waals surface area contributed by atoms with Gasteiger partial charge in [0.05, 0.1) is 17.2 Å². The third-order valence-electron chi connectivity index (χ3n) is 3.08. The van der Waals surface area contributed by atoms with E-state index in [4.69, 9.17) is 4.74 Å². The Hall–Kier alpha value is -2.27. The first-order valence-corrected chi connectivity index (χ1v) is 7.76. The maximum Gasteiger partial charge on any atom is 0.139 e. The van der Waals surface area contributed by atoms with Crippen molar-refractivity contribution in [1.82, 2.24) is 15.0 Å². The lowest BCUT2D eigenvalue weighted by Crippen LogP contribution is -1.93. The van der Waals surface area contributed by atoms with Crippen LogP contribution in [0.3, 0.4) is 0 Å². The predicted octanol–water partition coefficient (Wildman–Crippen LogP) is 3.91. The Morgan fingerprint density at radius 1 is 1.38 bits per heavy atom. The number of nitrogens with zero attached hydrogens (tertiary/aromatic N) is 2. The number of fused-ring (bicyclic) bond motifs is 1. The van der Waals surface area contributed by atoms with Crippen LogP contribution in [0.25, 0.3) is 22.4 Å². The molecular weight excluding hydrogens is 282 g/mol. The molecule has 0 bridgehead atoms. The first-order valence-electron chi connectivity index (χ1n) is 6.53. The number of ether oxygens (including phenoxy) is 1. The molecule has 0 saturated heterocycles. The van der Waals surface area contributed by atoms with Crippen LogP contribution < -0.4 is 4.74 Å². The van der Waals surface area contributed by atoms with E-state index in [1.807, 2.05) is 30.5 Å². The summed E-state index contributed by atoms with van der Waals surface area (Å²) in [6, 6.07) is 7.89. The van der Waals surface area contributed by atoms with E-state index in [0.717, 1.165) is 33.1 Å². The van der Waals surface area contributed by atoms with E-state index in [0.29, 0.717) is 6.61 Å². The highest BCUT2D eigenvalue weighted by molar-refractivity contribution is 7.98. The molecule has 0 amide bonds. The van der Waals surface area contributed by atoms with Crippen LogP contribution in [-0.2, 0) is 0 Å². The molecule has 0 spiro atoms. The number of nitrogens with one attached hydrogen (secondary N) is 1. The van der Waals surface area contributed by atoms with Crippen LogP contribution in [-0.4, -0.2) is 27.8 Å². The Morgan fingerprint density at radius 2 is 2.29 bits per heavy atom. The molecule has 0 aliphatic heterocycles. The van der Waals surface area contributed by atoms with E-state index in [-0.39, 0.29) is 0 Å². The highest BCUT2D eigenvalue weighted by atomic mass is 32.2. The van der Waals surface area contributed by atoms with Gasteiger partial charge in [0.1, 0.15) is 18.2 Å². The van der Waals surface area contributed by atoms with Gasteiger partial charge < -0.3 is 9.72 Å². The number of H-pyrrole nitrogens is 1. The van der Waals surface area contributed by atoms with Gasteiger partial charge in [0, 0.05) is 16.7 Å². The number of imidazole rings is 1. The van der Waals surface area contributed by atoms with E-state index in [2.05, 4.69) is 21.5 Å². The van der Waals surface area contributed by atoms with Crippen LogP contribution in [0.5, 0.6) is 5.75 Å². The molecule has 5 heteroatoms. The molecule has 0 radical (unpaired) electrons. The number of aromatic amines is 1. The fourth-order valence-corrected chi connectivity index (χ4v) is 2.72. The summed E-state index contributed by atoms with van der Waals surface area (Å²) in [5.74, 6) is 1.68. The molecule has 0 aliphatic rings. The third kappa shape index (κ3) is 2.78. The second-order valence-corrected chi connectivity index (χ2v) is 5.29. The van der Waals surface area contributed by atoms with Gasteiger partial charge in [-0.05, 0) is 30.5 Å². The van der Waals surface area contributed by atoms with Crippen molar-refractivity contribution in [3.8, 4) is 17.1 Å². The van der Waals surface area contributed by atoms with Crippen molar-refractivity contribution >= 4 is 22.8 Å². The molecule has 2 aromatic heterocycles. The molecule has 3 rings (SSSR count). The summed E-state index contributed by atoms with van der Waals surface area (Å²) in [6.07, 6.45) is 7.31. The number of rotatable bonds is 5. The van der Waals surface area contributed by atoms with Crippen LogP contribution >= 0.6 is 11.8 Å². The normalized spacial score (nSPS) is 10.7. The fraction of sp³-hybridized carbons (Fsp3) is 0.125. The Kier molecular flexibility index (Phi) is 3.92. The number of benzene rings is 1. The minimum absolute atomic E-state index is 0.503. The quantitative estimate of drug-likeness (QED) is 0.573. The van der Waals surface area contributed by atoms with E-state index >= 15 is 0 Å². The van der Waals surface area contributed by atoms with Crippen LogP contribution in [0, 0.1) is 0 Å². The van der Waals surface area contributed by atoms with Crippen LogP contribution in [0.1, 0.15) is 0 Å². The number of pyridine rings is 1. The van der Waals surface area contributed by atoms with Gasteiger partial charge in [-0.3, -0.25) is 4.98 Å². The van der Waals surface area contributed by atoms with Crippen molar-refractivity contribution in [3.05, 3.63) is 49.3 Å². The zero-order chi connectivity index (χ0) is 14.7. The molecule has 106 valence electrons. The number of aromatic nitrogens is 3. The predicted molar refractivity (Wildman–Crippen MR) is 86.8 cm³/mol. The first kappa shape index (κ1) is 13.7. The third-order valence-corrected chi connectivity index (χ3v) is 3.86. The number of hydrogen-bond acceptors (Lipinski definition) is 4. The molecule has 0 atom stereocenters. The van der Waals surface area contributed by atoms with Crippen molar-refractivity contribution in [2.75, 3.05) is 12.9 Å². The van der Waals surface area contributed by atoms with E-state index in [1.54, 1.807) is 30.2 Å². The lowest BCUT2D eigenvalue weighted by atomic mass is 10.2. The molecule has 21 heavy (non-hydrogen) atoms. The molecule has 4 nitrogen and oxygen atoms in total. The van der Waals surface area contributed by atoms with Crippen molar-refractivity contribution in [1.29, 1.82) is 0 Å². The van der Waals surface area contributed by atoms with E-state index in [1.165, 1.54) is 0 Å². The average Bonchev–Trinajstić information content (AvgIpc) is 2.96. The van der Waals surface area contributed by atoms with Gasteiger partial charge in [-0.2, -0.15) is 0 Å². The molecular formula is C16H15N3OS. The van der Waals surface area contributed by atoms with Gasteiger partial charge in [-0.1, -0.05) is 12.7 Å². The minimum Gasteiger partial charge on any atom is -0.490 e. The molecule has 0 saturated carbocycles. The number of hydrogen-bond donors (Lipinski definition) is 1. The zero-order valence-corrected chi connectivity index (χ0v) is 12.5. The maximum absolute atomic E-state index is 5.58. The molecule has 2 heterocycles. The number of thioether (sulfide) groups is 1. The van der Waals surface area contributed by atoms with Crippen molar-refractivity contribution in [2.24, 2.45) is 0 Å². The standard InChI is InChI=1S/C16H15N3OS/c1-3-8-20-11-4-5-12(15(9-11)21-2)16-18-13-6-7-17-10-14(13)19-16/h3-7,9-10H,1,8H2,2H3,(H,18,19). The molecule has 3 aromatic rings. The Balaban J connectivity index is 2.02. The summed E-state index contributed by atoms with van der Waals surface area (Å²) in [4.78, 5) is 13.1. The summed E-state index contributed by atoms with van der Waals surface area (Å²) >= 11 is 1.67. The van der Waals surface area contributed by atoms with Crippen molar-refractivity contribution in [3.63, 3.8) is 0 Å². The van der Waals surface area contributed by atoms with E-state index < -0.39 is 0 Å². The van der Waals surface area contributed by atoms with Gasteiger partial charge in [0.2, 0.25) is 0 Å². The molecule has 0 unspecified atom stereocenters. The summed E-state index contributed by atoms with van der Waals surface area (Å²) in [6.45, 7) is 4.16. The van der Waals surface area contributed by atoms with Crippen molar-refractivity contribution in [2.45, 2.75) is 4.90 Å². The summed E-state index contributed by atoms with van der Waals surface area (Å²) < 4.78 is 5.58. The lowest BCUT2D eigenvalue weighted by molar-refractivity contribution is 0.362. The van der Waals surface area contributed by atoms with Gasteiger partial charge in [-0.15, -0.1) is 11.8 Å². The van der Waals surface area contributed by atoms with E-state index in [9.17, 15) is 0 Å². The van der Waals surface area contributed by atoms with Crippen LogP contribution in [0.4, 0.5) is 0 Å². The maximum atomic E-state index is 5.58. The lowest BCUT2D eigenvalue weighted by Gasteiger charge is -2.08. The second-order valence-electron chi connectivity index (χ2n) is 4.44. The van der Waals surface area contributed by atoms with Crippen LogP contribution in [0.2, 0.25) is 0 Å². The molecule has 1 N–H and O–H groups in total. The van der Waals surface area contributed by atoms with Crippen LogP contribution in [0.15, 0.2) is 54.2 Å². The monoisotopic (exact) mass is 297 g/mol.